The molecule has 1 aromatic carbocycles. The molecule has 46 valence electrons. The molecule has 0 saturated heterocycles. The predicted molar refractivity (Wildman–Crippen MR) is 36.8 cm³/mol. The normalized spacial score (nSPS) is 14.7. The van der Waals surface area contributed by atoms with Crippen molar-refractivity contribution in [2.45, 2.75) is 6.42 Å². The highest BCUT2D eigenvalue weighted by molar-refractivity contribution is 5.35. The Kier molecular flexibility index (Phi) is 0.950. The van der Waals surface area contributed by atoms with Gasteiger partial charge in [0.2, 0.25) is 0 Å². The Morgan fingerprint density at radius 2 is 2.22 bits per heavy atom. The molecule has 9 heavy (non-hydrogen) atoms. The molecule has 0 aliphatic carbocycles. The lowest BCUT2D eigenvalue weighted by Crippen LogP contribution is -1.85. The summed E-state index contributed by atoms with van der Waals surface area (Å²) in [5.74, 6) is 1.07. The van der Waals surface area contributed by atoms with Crippen molar-refractivity contribution < 1.29 is 6.16 Å². The molecular weight excluding hydrogens is 112 g/mol. The van der Waals surface area contributed by atoms with Gasteiger partial charge >= 0.3 is 1.43 Å². The number of ether oxygens (including phenoxy) is 1. The summed E-state index contributed by atoms with van der Waals surface area (Å²) >= 11 is 0. The molecule has 2 rings (SSSR count). The molecule has 0 unspecified atom stereocenters. The van der Waals surface area contributed by atoms with E-state index in [4.69, 9.17) is 4.74 Å². The van der Waals surface area contributed by atoms with Gasteiger partial charge in [-0.1, -0.05) is 18.2 Å². The van der Waals surface area contributed by atoms with Gasteiger partial charge in [0.25, 0.3) is 0 Å². The van der Waals surface area contributed by atoms with Crippen LogP contribution >= 0.6 is 0 Å². The van der Waals surface area contributed by atoms with Gasteiger partial charge in [0.05, 0.1) is 6.61 Å². The Morgan fingerprint density at radius 1 is 1.33 bits per heavy atom. The molecule has 1 aliphatic rings. The first-order valence-corrected chi connectivity index (χ1v) is 3.17. The Bertz CT molecular complexity index is 199. The minimum atomic E-state index is 0. The van der Waals surface area contributed by atoms with Crippen LogP contribution in [0.4, 0.5) is 0 Å². The quantitative estimate of drug-likeness (QED) is 0.508. The van der Waals surface area contributed by atoms with Crippen molar-refractivity contribution in [2.24, 2.45) is 0 Å². The van der Waals surface area contributed by atoms with Gasteiger partial charge in [-0.2, -0.15) is 0 Å². The summed E-state index contributed by atoms with van der Waals surface area (Å²) < 4.78 is 5.30. The average Bonchev–Trinajstić information content (AvgIpc) is 2.33. The van der Waals surface area contributed by atoms with Gasteiger partial charge in [-0.15, -0.1) is 0 Å². The summed E-state index contributed by atoms with van der Waals surface area (Å²) in [4.78, 5) is 0. The second-order valence-corrected chi connectivity index (χ2v) is 2.21. The molecule has 0 spiro atoms. The minimum absolute atomic E-state index is 0. The molecule has 0 saturated carbocycles. The molecule has 0 atom stereocenters. The highest BCUT2D eigenvalue weighted by atomic mass is 16.5. The summed E-state index contributed by atoms with van der Waals surface area (Å²) in [6.07, 6.45) is 1.08. The monoisotopic (exact) mass is 121 g/mol. The van der Waals surface area contributed by atoms with Crippen LogP contribution in [0.1, 0.15) is 6.99 Å². The second kappa shape index (κ2) is 1.76. The van der Waals surface area contributed by atoms with Crippen LogP contribution in [0.15, 0.2) is 24.3 Å². The van der Waals surface area contributed by atoms with Crippen LogP contribution in [-0.2, 0) is 6.42 Å². The second-order valence-electron chi connectivity index (χ2n) is 2.21. The molecule has 1 aromatic rings. The molecule has 0 N–H and O–H groups in total. The molecule has 0 fully saturated rings. The molecular formula is C8H9O+. The van der Waals surface area contributed by atoms with Gasteiger partial charge < -0.3 is 4.74 Å². The van der Waals surface area contributed by atoms with Crippen LogP contribution in [0.25, 0.3) is 0 Å². The number of fused-ring (bicyclic) bond motifs is 1. The zero-order valence-corrected chi connectivity index (χ0v) is 5.13. The fourth-order valence-electron chi connectivity index (χ4n) is 1.12. The lowest BCUT2D eigenvalue weighted by atomic mass is 10.2. The Hall–Kier alpha value is -0.980. The smallest absolute Gasteiger partial charge is 0.493 e. The first-order valence-electron chi connectivity index (χ1n) is 3.17. The van der Waals surface area contributed by atoms with Gasteiger partial charge in [0.1, 0.15) is 5.75 Å². The van der Waals surface area contributed by atoms with Crippen LogP contribution in [-0.4, -0.2) is 6.61 Å². The Labute approximate surface area is 55.8 Å². The van der Waals surface area contributed by atoms with Gasteiger partial charge in [0, 0.05) is 6.42 Å². The zero-order chi connectivity index (χ0) is 6.10. The number of para-hydroxylation sites is 1. The van der Waals surface area contributed by atoms with E-state index in [9.17, 15) is 0 Å². The lowest BCUT2D eigenvalue weighted by molar-refractivity contribution is 0.357. The summed E-state index contributed by atoms with van der Waals surface area (Å²) in [6, 6.07) is 8.18. The fourth-order valence-corrected chi connectivity index (χ4v) is 1.12. The molecule has 0 radical (unpaired) electrons. The van der Waals surface area contributed by atoms with Gasteiger partial charge in [0.15, 0.2) is 0 Å². The molecule has 1 nitrogen and oxygen atoms in total. The average molecular weight is 121 g/mol. The van der Waals surface area contributed by atoms with Gasteiger partial charge in [-0.25, -0.2) is 0 Å². The first-order chi connectivity index (χ1) is 4.47. The van der Waals surface area contributed by atoms with E-state index in [2.05, 4.69) is 6.07 Å². The van der Waals surface area contributed by atoms with E-state index in [0.29, 0.717) is 0 Å². The van der Waals surface area contributed by atoms with Crippen LogP contribution in [0.5, 0.6) is 5.75 Å². The van der Waals surface area contributed by atoms with Crippen LogP contribution < -0.4 is 4.74 Å². The van der Waals surface area contributed by atoms with E-state index in [1.54, 1.807) is 0 Å². The first kappa shape index (κ1) is 4.86. The van der Waals surface area contributed by atoms with Crippen LogP contribution in [0.2, 0.25) is 0 Å². The molecule has 1 aliphatic heterocycles. The number of hydrogen-bond acceptors (Lipinski definition) is 1. The fraction of sp³-hybridized carbons (Fsp3) is 0.250. The van der Waals surface area contributed by atoms with E-state index >= 15 is 0 Å². The summed E-state index contributed by atoms with van der Waals surface area (Å²) in [6.45, 7) is 0.860. The number of hydrogen-bond donors (Lipinski definition) is 0. The standard InChI is InChI=1S/C8H8O/c1-2-4-8-7(3-1)5-6-9-8/h1-4H,5-6H2/p+1. The summed E-state index contributed by atoms with van der Waals surface area (Å²) in [7, 11) is 0. The SMILES string of the molecule is [H+].c1ccc2c(c1)CCO2. The number of benzene rings is 1. The van der Waals surface area contributed by atoms with Crippen molar-refractivity contribution in [3.63, 3.8) is 0 Å². The van der Waals surface area contributed by atoms with Gasteiger partial charge in [-0.3, -0.25) is 0 Å². The Morgan fingerprint density at radius 3 is 3.11 bits per heavy atom. The molecule has 1 heteroatoms. The molecule has 0 amide bonds. The highest BCUT2D eigenvalue weighted by Crippen LogP contribution is 2.23. The van der Waals surface area contributed by atoms with Crippen molar-refractivity contribution in [1.82, 2.24) is 0 Å². The van der Waals surface area contributed by atoms with Crippen molar-refractivity contribution in [3.05, 3.63) is 29.8 Å². The van der Waals surface area contributed by atoms with E-state index in [-0.39, 0.29) is 1.43 Å². The maximum Gasteiger partial charge on any atom is 1.00 e. The minimum Gasteiger partial charge on any atom is -0.493 e. The number of rotatable bonds is 0. The summed E-state index contributed by atoms with van der Waals surface area (Å²) in [5.41, 5.74) is 1.34. The van der Waals surface area contributed by atoms with Crippen molar-refractivity contribution >= 4 is 0 Å². The van der Waals surface area contributed by atoms with Crippen LogP contribution in [0.3, 0.4) is 0 Å². The maximum absolute atomic E-state index is 5.30. The molecule has 0 aromatic heterocycles. The highest BCUT2D eigenvalue weighted by Gasteiger charge is 2.08. The third kappa shape index (κ3) is 0.689. The topological polar surface area (TPSA) is 9.23 Å². The van der Waals surface area contributed by atoms with E-state index in [1.807, 2.05) is 18.2 Å². The van der Waals surface area contributed by atoms with E-state index in [0.717, 1.165) is 18.8 Å². The van der Waals surface area contributed by atoms with E-state index in [1.165, 1.54) is 5.56 Å². The van der Waals surface area contributed by atoms with Gasteiger partial charge in [-0.05, 0) is 11.6 Å². The molecule has 0 bridgehead atoms. The third-order valence-corrected chi connectivity index (χ3v) is 1.60. The lowest BCUT2D eigenvalue weighted by Gasteiger charge is -1.93. The van der Waals surface area contributed by atoms with Crippen molar-refractivity contribution in [1.29, 1.82) is 0 Å². The predicted octanol–water partition coefficient (Wildman–Crippen LogP) is 1.73. The summed E-state index contributed by atoms with van der Waals surface area (Å²) in [5, 5.41) is 0. The van der Waals surface area contributed by atoms with Crippen LogP contribution in [0, 0.1) is 0 Å². The maximum atomic E-state index is 5.30. The van der Waals surface area contributed by atoms with Crippen molar-refractivity contribution in [2.75, 3.05) is 6.61 Å². The molecule has 1 heterocycles. The largest absolute Gasteiger partial charge is 1.00 e. The van der Waals surface area contributed by atoms with Crippen molar-refractivity contribution in [3.8, 4) is 5.75 Å². The Balaban J connectivity index is 0.000000500. The van der Waals surface area contributed by atoms with E-state index < -0.39 is 0 Å². The third-order valence-electron chi connectivity index (χ3n) is 1.60. The zero-order valence-electron chi connectivity index (χ0n) is 6.13.